The number of ether oxygens (including phenoxy) is 1. The van der Waals surface area contributed by atoms with Crippen LogP contribution in [-0.2, 0) is 27.9 Å². The summed E-state index contributed by atoms with van der Waals surface area (Å²) >= 11 is 0. The predicted molar refractivity (Wildman–Crippen MR) is 351 cm³/mol. The topological polar surface area (TPSA) is 111 Å². The third-order valence-corrected chi connectivity index (χ3v) is 15.8. The van der Waals surface area contributed by atoms with Crippen molar-refractivity contribution in [3.63, 3.8) is 0 Å². The van der Waals surface area contributed by atoms with Crippen molar-refractivity contribution in [2.75, 3.05) is 40.9 Å². The number of hydrogen-bond acceptors (Lipinski definition) is 6. The Labute approximate surface area is 501 Å². The van der Waals surface area contributed by atoms with Crippen molar-refractivity contribution in [1.29, 1.82) is 0 Å². The largest absolute Gasteiger partial charge is 0.472 e. The molecule has 3 atom stereocenters. The maximum Gasteiger partial charge on any atom is 0.472 e. The SMILES string of the molecule is CC/C=C\C/C=C\C/C=C\C/C=C\C/C=C\CCCCCCCCCCCC(=O)NC(COP(=O)(O)OCC[N+](C)(C)C)C(/C=C\CCCCCCCCCCCCC)OC(=O)CCCCCCCCC/C=C/CCCCCCCC. The van der Waals surface area contributed by atoms with E-state index in [2.05, 4.69) is 99.0 Å². The lowest BCUT2D eigenvalue weighted by Crippen LogP contribution is -2.47. The highest BCUT2D eigenvalue weighted by atomic mass is 31.2. The average Bonchev–Trinajstić information content (AvgIpc) is 3.44. The number of allylic oxidation sites excluding steroid dienone is 13. The van der Waals surface area contributed by atoms with E-state index in [-0.39, 0.29) is 31.5 Å². The molecule has 3 unspecified atom stereocenters. The molecule has 0 aromatic carbocycles. The summed E-state index contributed by atoms with van der Waals surface area (Å²) in [7, 11) is 1.49. The molecule has 0 fully saturated rings. The van der Waals surface area contributed by atoms with Gasteiger partial charge in [-0.1, -0.05) is 273 Å². The van der Waals surface area contributed by atoms with Gasteiger partial charge in [0.2, 0.25) is 5.91 Å². The van der Waals surface area contributed by atoms with E-state index >= 15 is 0 Å². The first-order chi connectivity index (χ1) is 39.4. The summed E-state index contributed by atoms with van der Waals surface area (Å²) in [6.45, 7) is 6.91. The zero-order chi connectivity index (χ0) is 59.3. The summed E-state index contributed by atoms with van der Waals surface area (Å²) in [5.41, 5.74) is 0. The van der Waals surface area contributed by atoms with Crippen molar-refractivity contribution in [2.45, 2.75) is 315 Å². The quantitative estimate of drug-likeness (QED) is 0.0205. The maximum atomic E-state index is 13.6. The number of likely N-dealkylation sites (N-methyl/N-ethyl adjacent to an activating group) is 1. The normalized spacial score (nSPS) is 14.1. The Morgan fingerprint density at radius 3 is 1.20 bits per heavy atom. The molecule has 470 valence electrons. The highest BCUT2D eigenvalue weighted by Crippen LogP contribution is 2.43. The van der Waals surface area contributed by atoms with Crippen LogP contribution in [-0.4, -0.2) is 74.3 Å². The molecular weight excluding hydrogens is 1020 g/mol. The molecule has 81 heavy (non-hydrogen) atoms. The third kappa shape index (κ3) is 61.6. The second kappa shape index (κ2) is 60.3. The first-order valence-electron chi connectivity index (χ1n) is 33.9. The minimum absolute atomic E-state index is 0.0358. The number of nitrogens with zero attached hydrogens (tertiary/aromatic N) is 1. The van der Waals surface area contributed by atoms with Crippen molar-refractivity contribution in [1.82, 2.24) is 5.32 Å². The van der Waals surface area contributed by atoms with Crippen LogP contribution in [0.4, 0.5) is 0 Å². The molecule has 0 aliphatic carbocycles. The van der Waals surface area contributed by atoms with Gasteiger partial charge in [0.1, 0.15) is 19.3 Å². The third-order valence-electron chi connectivity index (χ3n) is 14.8. The molecule has 10 heteroatoms. The van der Waals surface area contributed by atoms with E-state index in [9.17, 15) is 19.0 Å². The van der Waals surface area contributed by atoms with E-state index in [1.165, 1.54) is 154 Å². The summed E-state index contributed by atoms with van der Waals surface area (Å²) in [5.74, 6) is -0.512. The number of carbonyl (C=O) groups excluding carboxylic acids is 2. The van der Waals surface area contributed by atoms with Gasteiger partial charge in [-0.05, 0) is 102 Å². The van der Waals surface area contributed by atoms with Gasteiger partial charge < -0.3 is 19.4 Å². The first-order valence-corrected chi connectivity index (χ1v) is 35.4. The Balaban J connectivity index is 5.17. The van der Waals surface area contributed by atoms with E-state index in [0.717, 1.165) is 116 Å². The van der Waals surface area contributed by atoms with Gasteiger partial charge >= 0.3 is 13.8 Å². The highest BCUT2D eigenvalue weighted by Gasteiger charge is 2.30. The lowest BCUT2D eigenvalue weighted by atomic mass is 10.0. The molecule has 1 amide bonds. The molecule has 0 aromatic heterocycles. The number of quaternary nitrogens is 1. The van der Waals surface area contributed by atoms with Crippen molar-refractivity contribution in [3.05, 3.63) is 85.1 Å². The zero-order valence-corrected chi connectivity index (χ0v) is 54.7. The number of amides is 1. The van der Waals surface area contributed by atoms with E-state index < -0.39 is 20.0 Å². The van der Waals surface area contributed by atoms with E-state index in [0.29, 0.717) is 17.4 Å². The second-order valence-corrected chi connectivity index (χ2v) is 25.4. The Kier molecular flexibility index (Phi) is 58.2. The van der Waals surface area contributed by atoms with Gasteiger partial charge in [-0.2, -0.15) is 0 Å². The summed E-state index contributed by atoms with van der Waals surface area (Å²) < 4.78 is 30.8. The van der Waals surface area contributed by atoms with Gasteiger partial charge in [0.15, 0.2) is 0 Å². The molecule has 0 rings (SSSR count). The van der Waals surface area contributed by atoms with Crippen LogP contribution in [0, 0.1) is 0 Å². The smallest absolute Gasteiger partial charge is 0.456 e. The zero-order valence-electron chi connectivity index (χ0n) is 53.8. The van der Waals surface area contributed by atoms with Crippen LogP contribution in [0.25, 0.3) is 0 Å². The fourth-order valence-corrected chi connectivity index (χ4v) is 10.3. The Morgan fingerprint density at radius 1 is 0.444 bits per heavy atom. The van der Waals surface area contributed by atoms with Crippen molar-refractivity contribution < 1.29 is 37.3 Å². The van der Waals surface area contributed by atoms with Gasteiger partial charge in [0.05, 0.1) is 33.8 Å². The molecule has 0 aliphatic heterocycles. The monoisotopic (exact) mass is 1150 g/mol. The number of esters is 1. The number of phosphoric acid groups is 1. The molecule has 0 heterocycles. The van der Waals surface area contributed by atoms with Gasteiger partial charge in [0, 0.05) is 12.8 Å². The molecule has 0 saturated carbocycles. The lowest BCUT2D eigenvalue weighted by Gasteiger charge is -2.27. The first kappa shape index (κ1) is 78.2. The van der Waals surface area contributed by atoms with Crippen LogP contribution < -0.4 is 5.32 Å². The van der Waals surface area contributed by atoms with Crippen LogP contribution in [0.5, 0.6) is 0 Å². The number of phosphoric ester groups is 1. The number of unbranched alkanes of at least 4 members (excludes halogenated alkanes) is 33. The molecular formula is C71H130N2O7P+. The second-order valence-electron chi connectivity index (χ2n) is 24.0. The Morgan fingerprint density at radius 2 is 0.790 bits per heavy atom. The highest BCUT2D eigenvalue weighted by molar-refractivity contribution is 7.47. The van der Waals surface area contributed by atoms with Crippen LogP contribution in [0.2, 0.25) is 0 Å². The molecule has 0 bridgehead atoms. The number of hydrogen-bond donors (Lipinski definition) is 2. The average molecular weight is 1150 g/mol. The van der Waals surface area contributed by atoms with Gasteiger partial charge in [-0.3, -0.25) is 18.6 Å². The van der Waals surface area contributed by atoms with Gasteiger partial charge in [0.25, 0.3) is 0 Å². The van der Waals surface area contributed by atoms with Crippen LogP contribution in [0.1, 0.15) is 303 Å². The van der Waals surface area contributed by atoms with Crippen LogP contribution in [0.3, 0.4) is 0 Å². The summed E-state index contributed by atoms with van der Waals surface area (Å²) in [6.07, 6.45) is 80.1. The van der Waals surface area contributed by atoms with Crippen molar-refractivity contribution in [3.8, 4) is 0 Å². The number of carbonyl (C=O) groups is 2. The minimum Gasteiger partial charge on any atom is -0.456 e. The van der Waals surface area contributed by atoms with Gasteiger partial charge in [-0.15, -0.1) is 0 Å². The van der Waals surface area contributed by atoms with Crippen molar-refractivity contribution in [2.24, 2.45) is 0 Å². The molecule has 0 saturated heterocycles. The summed E-state index contributed by atoms with van der Waals surface area (Å²) in [6, 6.07) is -0.858. The van der Waals surface area contributed by atoms with Crippen LogP contribution >= 0.6 is 7.82 Å². The van der Waals surface area contributed by atoms with E-state index in [1.807, 2.05) is 33.3 Å². The molecule has 0 radical (unpaired) electrons. The number of rotatable bonds is 61. The maximum absolute atomic E-state index is 13.6. The summed E-state index contributed by atoms with van der Waals surface area (Å²) in [5, 5.41) is 3.06. The summed E-state index contributed by atoms with van der Waals surface area (Å²) in [4.78, 5) is 37.8. The number of nitrogens with one attached hydrogen (secondary N) is 1. The van der Waals surface area contributed by atoms with Gasteiger partial charge in [-0.25, -0.2) is 4.57 Å². The molecule has 0 aromatic rings. The fraction of sp³-hybridized carbons (Fsp3) is 0.775. The molecule has 0 aliphatic rings. The predicted octanol–water partition coefficient (Wildman–Crippen LogP) is 21.3. The van der Waals surface area contributed by atoms with E-state index in [1.54, 1.807) is 0 Å². The Bertz CT molecular complexity index is 1660. The standard InChI is InChI=1S/C71H129N2O7P/c1-7-10-13-16-19-22-25-28-30-32-33-34-35-36-37-38-39-41-42-45-48-51-54-57-60-63-70(74)72-68(67-79-81(76,77)78-66-65-73(4,5)6)69(62-59-56-53-50-47-44-27-24-21-18-15-12-9-3)80-71(75)64-61-58-55-52-49-46-43-40-31-29-26-23-20-17-14-11-8-2/h10,13,19,22,28-31,33-34,36-37,59,62,68-69H,7-9,11-12,14-18,20-21,23-27,32,35,38-58,60-61,63-67H2,1-6H3,(H-,72,74,76,77)/p+1/b13-10-,22-19-,30-28-,31-29+,34-33-,37-36-,62-59-. The van der Waals surface area contributed by atoms with Crippen molar-refractivity contribution >= 4 is 19.7 Å². The van der Waals surface area contributed by atoms with E-state index in [4.69, 9.17) is 13.8 Å². The molecule has 9 nitrogen and oxygen atoms in total. The lowest BCUT2D eigenvalue weighted by molar-refractivity contribution is -0.870. The molecule has 0 spiro atoms. The molecule has 2 N–H and O–H groups in total. The fourth-order valence-electron chi connectivity index (χ4n) is 9.61. The van der Waals surface area contributed by atoms with Crippen LogP contribution in [0.15, 0.2) is 85.1 Å². The minimum atomic E-state index is -4.46. The Hall–Kier alpha value is -2.81.